The first-order chi connectivity index (χ1) is 13.1. The molecule has 2 aromatic heterocycles. The van der Waals surface area contributed by atoms with Gasteiger partial charge in [-0.25, -0.2) is 4.98 Å². The Morgan fingerprint density at radius 2 is 2.04 bits per heavy atom. The zero-order valence-corrected chi connectivity index (χ0v) is 15.1. The number of halogens is 3. The number of aromatic amines is 1. The Morgan fingerprint density at radius 3 is 2.61 bits per heavy atom. The summed E-state index contributed by atoms with van der Waals surface area (Å²) in [7, 11) is 0. The molecule has 0 aliphatic carbocycles. The predicted octanol–water partition coefficient (Wildman–Crippen LogP) is 2.67. The summed E-state index contributed by atoms with van der Waals surface area (Å²) in [4.78, 5) is 31.8. The molecule has 0 fully saturated rings. The van der Waals surface area contributed by atoms with Gasteiger partial charge in [0.15, 0.2) is 11.4 Å². The lowest BCUT2D eigenvalue weighted by atomic mass is 9.97. The quantitative estimate of drug-likeness (QED) is 0.491. The highest BCUT2D eigenvalue weighted by molar-refractivity contribution is 7.13. The number of nitrogens with zero attached hydrogens (tertiary/aromatic N) is 1. The average molecular weight is 413 g/mol. The van der Waals surface area contributed by atoms with Crippen LogP contribution in [0.3, 0.4) is 0 Å². The van der Waals surface area contributed by atoms with E-state index in [1.54, 1.807) is 5.38 Å². The standard InChI is InChI=1S/C17H14F3N3O4S/c1-7(15(26)27)11-10(14(25)23-16-21-5-6-28-16)13(24)8-3-2-4-9(12(8)22-11)17(18,19)20/h2-7,15,26-27H,1H3,(H,22,24)(H,21,23,25). The number of amides is 1. The summed E-state index contributed by atoms with van der Waals surface area (Å²) in [5.41, 5.74) is -3.43. The number of aliphatic hydroxyl groups excluding tert-OH is 1. The molecule has 148 valence electrons. The zero-order valence-electron chi connectivity index (χ0n) is 14.2. The molecule has 1 unspecified atom stereocenters. The van der Waals surface area contributed by atoms with Crippen LogP contribution in [0.15, 0.2) is 34.6 Å². The second-order valence-electron chi connectivity index (χ2n) is 5.96. The molecule has 0 spiro atoms. The van der Waals surface area contributed by atoms with Gasteiger partial charge in [0.2, 0.25) is 5.43 Å². The van der Waals surface area contributed by atoms with E-state index in [4.69, 9.17) is 0 Å². The number of alkyl halides is 3. The molecule has 0 radical (unpaired) electrons. The Morgan fingerprint density at radius 1 is 1.32 bits per heavy atom. The number of hydrogen-bond donors (Lipinski definition) is 4. The third-order valence-electron chi connectivity index (χ3n) is 4.15. The Bertz CT molecular complexity index is 1080. The molecule has 1 atom stereocenters. The largest absolute Gasteiger partial charge is 0.418 e. The van der Waals surface area contributed by atoms with E-state index in [2.05, 4.69) is 15.3 Å². The lowest BCUT2D eigenvalue weighted by Crippen LogP contribution is -2.29. The van der Waals surface area contributed by atoms with Crippen molar-refractivity contribution in [3.05, 3.63) is 56.8 Å². The van der Waals surface area contributed by atoms with Crippen LogP contribution in [0.1, 0.15) is 34.5 Å². The molecule has 3 aromatic rings. The monoisotopic (exact) mass is 413 g/mol. The molecule has 0 saturated heterocycles. The molecule has 4 N–H and O–H groups in total. The summed E-state index contributed by atoms with van der Waals surface area (Å²) < 4.78 is 40.0. The van der Waals surface area contributed by atoms with Gasteiger partial charge in [0.1, 0.15) is 5.56 Å². The first-order valence-corrected chi connectivity index (χ1v) is 8.82. The van der Waals surface area contributed by atoms with E-state index in [0.29, 0.717) is 0 Å². The van der Waals surface area contributed by atoms with Gasteiger partial charge < -0.3 is 15.2 Å². The average Bonchev–Trinajstić information content (AvgIpc) is 3.12. The molecule has 3 rings (SSSR count). The number of nitrogens with one attached hydrogen (secondary N) is 2. The van der Waals surface area contributed by atoms with Gasteiger partial charge in [0, 0.05) is 28.6 Å². The zero-order chi connectivity index (χ0) is 20.6. The third kappa shape index (κ3) is 3.63. The van der Waals surface area contributed by atoms with Crippen LogP contribution in [0.25, 0.3) is 10.9 Å². The highest BCUT2D eigenvalue weighted by atomic mass is 32.1. The van der Waals surface area contributed by atoms with Crippen LogP contribution in [0, 0.1) is 0 Å². The molecule has 7 nitrogen and oxygen atoms in total. The van der Waals surface area contributed by atoms with Gasteiger partial charge >= 0.3 is 6.18 Å². The number of pyridine rings is 1. The van der Waals surface area contributed by atoms with Crippen molar-refractivity contribution < 1.29 is 28.2 Å². The second kappa shape index (κ2) is 7.34. The number of benzene rings is 1. The van der Waals surface area contributed by atoms with E-state index in [0.717, 1.165) is 29.5 Å². The summed E-state index contributed by atoms with van der Waals surface area (Å²) in [6.45, 7) is 1.26. The predicted molar refractivity (Wildman–Crippen MR) is 96.3 cm³/mol. The topological polar surface area (TPSA) is 115 Å². The summed E-state index contributed by atoms with van der Waals surface area (Å²) >= 11 is 1.08. The maximum Gasteiger partial charge on any atom is 0.418 e. The summed E-state index contributed by atoms with van der Waals surface area (Å²) in [5.74, 6) is -2.16. The number of anilines is 1. The highest BCUT2D eigenvalue weighted by Crippen LogP contribution is 2.34. The number of carbonyl (C=O) groups is 1. The Balaban J connectivity index is 2.30. The molecule has 0 aliphatic heterocycles. The fourth-order valence-electron chi connectivity index (χ4n) is 2.73. The molecule has 1 amide bonds. The fourth-order valence-corrected chi connectivity index (χ4v) is 3.25. The maximum absolute atomic E-state index is 13.3. The Kier molecular flexibility index (Phi) is 5.24. The fraction of sp³-hybridized carbons (Fsp3) is 0.235. The normalized spacial score (nSPS) is 13.1. The van der Waals surface area contributed by atoms with Gasteiger partial charge in [0.05, 0.1) is 11.1 Å². The summed E-state index contributed by atoms with van der Waals surface area (Å²) in [6, 6.07) is 3.01. The molecular formula is C17H14F3N3O4S. The van der Waals surface area contributed by atoms with Gasteiger partial charge in [-0.15, -0.1) is 11.3 Å². The van der Waals surface area contributed by atoms with E-state index >= 15 is 0 Å². The number of H-pyrrole nitrogens is 1. The van der Waals surface area contributed by atoms with Gasteiger partial charge in [-0.3, -0.25) is 14.9 Å². The molecule has 1 aromatic carbocycles. The Hall–Kier alpha value is -2.76. The molecule has 0 saturated carbocycles. The first-order valence-electron chi connectivity index (χ1n) is 7.94. The number of para-hydroxylation sites is 1. The molecule has 11 heteroatoms. The summed E-state index contributed by atoms with van der Waals surface area (Å²) in [6.07, 6.45) is -5.36. The molecule has 28 heavy (non-hydrogen) atoms. The van der Waals surface area contributed by atoms with Crippen LogP contribution in [0.2, 0.25) is 0 Å². The number of carbonyl (C=O) groups excluding carboxylic acids is 1. The highest BCUT2D eigenvalue weighted by Gasteiger charge is 2.35. The van der Waals surface area contributed by atoms with Gasteiger partial charge in [-0.2, -0.15) is 13.2 Å². The van der Waals surface area contributed by atoms with Crippen LogP contribution in [-0.2, 0) is 6.18 Å². The van der Waals surface area contributed by atoms with Crippen molar-refractivity contribution in [1.82, 2.24) is 9.97 Å². The SMILES string of the molecule is CC(c1[nH]c2c(C(F)(F)F)cccc2c(=O)c1C(=O)Nc1nccs1)C(O)O. The van der Waals surface area contributed by atoms with Crippen molar-refractivity contribution in [3.8, 4) is 0 Å². The van der Waals surface area contributed by atoms with E-state index in [-0.39, 0.29) is 16.2 Å². The second-order valence-corrected chi connectivity index (χ2v) is 6.86. The Labute approximate surface area is 159 Å². The van der Waals surface area contributed by atoms with Crippen molar-refractivity contribution in [3.63, 3.8) is 0 Å². The molecule has 0 bridgehead atoms. The first kappa shape index (κ1) is 20.0. The van der Waals surface area contributed by atoms with E-state index in [1.807, 2.05) is 0 Å². The number of thiazole rings is 1. The minimum Gasteiger partial charge on any atom is -0.368 e. The number of fused-ring (bicyclic) bond motifs is 1. The van der Waals surface area contributed by atoms with Crippen molar-refractivity contribution in [2.45, 2.75) is 25.3 Å². The van der Waals surface area contributed by atoms with Crippen LogP contribution in [0.5, 0.6) is 0 Å². The molecular weight excluding hydrogens is 399 g/mol. The number of rotatable bonds is 4. The number of aliphatic hydroxyl groups is 2. The van der Waals surface area contributed by atoms with E-state index in [1.165, 1.54) is 13.1 Å². The van der Waals surface area contributed by atoms with Crippen LogP contribution in [-0.4, -0.2) is 32.4 Å². The number of aromatic nitrogens is 2. The van der Waals surface area contributed by atoms with Crippen molar-refractivity contribution in [2.24, 2.45) is 0 Å². The van der Waals surface area contributed by atoms with Crippen molar-refractivity contribution in [2.75, 3.05) is 5.32 Å². The maximum atomic E-state index is 13.3. The van der Waals surface area contributed by atoms with Gasteiger partial charge in [0.25, 0.3) is 5.91 Å². The minimum atomic E-state index is -4.76. The van der Waals surface area contributed by atoms with Gasteiger partial charge in [-0.05, 0) is 12.1 Å². The van der Waals surface area contributed by atoms with E-state index in [9.17, 15) is 33.0 Å². The smallest absolute Gasteiger partial charge is 0.368 e. The van der Waals surface area contributed by atoms with E-state index < -0.39 is 46.4 Å². The van der Waals surface area contributed by atoms with Crippen molar-refractivity contribution in [1.29, 1.82) is 0 Å². The van der Waals surface area contributed by atoms with Crippen molar-refractivity contribution >= 4 is 33.3 Å². The third-order valence-corrected chi connectivity index (χ3v) is 4.84. The van der Waals surface area contributed by atoms with Crippen LogP contribution in [0.4, 0.5) is 18.3 Å². The van der Waals surface area contributed by atoms with Crippen LogP contribution < -0.4 is 10.7 Å². The van der Waals surface area contributed by atoms with Gasteiger partial charge in [-0.1, -0.05) is 13.0 Å². The van der Waals surface area contributed by atoms with Crippen LogP contribution >= 0.6 is 11.3 Å². The molecule has 2 heterocycles. The lowest BCUT2D eigenvalue weighted by Gasteiger charge is -2.19. The number of hydrogen-bond acceptors (Lipinski definition) is 6. The minimum absolute atomic E-state index is 0.177. The molecule has 0 aliphatic rings. The lowest BCUT2D eigenvalue weighted by molar-refractivity contribution is -0.136. The summed E-state index contributed by atoms with van der Waals surface area (Å²) in [5, 5.41) is 22.8.